The van der Waals surface area contributed by atoms with Crippen molar-refractivity contribution in [3.8, 4) is 5.75 Å². The van der Waals surface area contributed by atoms with E-state index in [1.165, 1.54) is 12.1 Å². The van der Waals surface area contributed by atoms with Crippen LogP contribution in [0.1, 0.15) is 5.69 Å². The SMILES string of the molecule is Cc1nc2cc(OC(F)F)ccn2c1N. The molecule has 0 saturated heterocycles. The molecule has 0 aromatic carbocycles. The van der Waals surface area contributed by atoms with E-state index in [0.29, 0.717) is 17.2 Å². The van der Waals surface area contributed by atoms with Crippen LogP contribution in [0.15, 0.2) is 18.3 Å². The number of aryl methyl sites for hydroxylation is 1. The molecule has 6 heteroatoms. The molecular formula is C9H9F2N3O. The fourth-order valence-electron chi connectivity index (χ4n) is 1.34. The van der Waals surface area contributed by atoms with E-state index >= 15 is 0 Å². The average Bonchev–Trinajstić information content (AvgIpc) is 2.41. The summed E-state index contributed by atoms with van der Waals surface area (Å²) in [6, 6.07) is 2.83. The van der Waals surface area contributed by atoms with Crippen LogP contribution in [0, 0.1) is 6.92 Å². The molecule has 2 aromatic rings. The second-order valence-electron chi connectivity index (χ2n) is 3.05. The summed E-state index contributed by atoms with van der Waals surface area (Å²) in [6.07, 6.45) is 1.54. The first-order valence-electron chi connectivity index (χ1n) is 4.27. The Morgan fingerprint density at radius 3 is 2.93 bits per heavy atom. The molecule has 80 valence electrons. The van der Waals surface area contributed by atoms with Gasteiger partial charge in [-0.2, -0.15) is 8.78 Å². The smallest absolute Gasteiger partial charge is 0.387 e. The zero-order chi connectivity index (χ0) is 11.0. The van der Waals surface area contributed by atoms with Gasteiger partial charge >= 0.3 is 6.61 Å². The zero-order valence-corrected chi connectivity index (χ0v) is 7.95. The molecule has 4 nitrogen and oxygen atoms in total. The van der Waals surface area contributed by atoms with Gasteiger partial charge in [0.15, 0.2) is 0 Å². The Morgan fingerprint density at radius 2 is 2.27 bits per heavy atom. The highest BCUT2D eigenvalue weighted by atomic mass is 19.3. The predicted octanol–water partition coefficient (Wildman–Crippen LogP) is 1.83. The first kappa shape index (κ1) is 9.70. The monoisotopic (exact) mass is 213 g/mol. The molecule has 0 aliphatic carbocycles. The van der Waals surface area contributed by atoms with Crippen molar-refractivity contribution >= 4 is 11.5 Å². The van der Waals surface area contributed by atoms with Gasteiger partial charge in [-0.05, 0) is 13.0 Å². The van der Waals surface area contributed by atoms with Crippen LogP contribution in [0.4, 0.5) is 14.6 Å². The normalized spacial score (nSPS) is 11.2. The Hall–Kier alpha value is -1.85. The molecule has 2 aromatic heterocycles. The van der Waals surface area contributed by atoms with Gasteiger partial charge in [-0.3, -0.25) is 4.40 Å². The first-order valence-corrected chi connectivity index (χ1v) is 4.27. The Bertz CT molecular complexity index is 495. The molecule has 0 spiro atoms. The highest BCUT2D eigenvalue weighted by Crippen LogP contribution is 2.20. The summed E-state index contributed by atoms with van der Waals surface area (Å²) in [5.74, 6) is 0.566. The molecule has 15 heavy (non-hydrogen) atoms. The molecule has 2 N–H and O–H groups in total. The minimum Gasteiger partial charge on any atom is -0.435 e. The summed E-state index contributed by atoms with van der Waals surface area (Å²) in [5.41, 5.74) is 6.85. The average molecular weight is 213 g/mol. The van der Waals surface area contributed by atoms with Crippen LogP contribution < -0.4 is 10.5 Å². The molecule has 0 bridgehead atoms. The zero-order valence-electron chi connectivity index (χ0n) is 7.95. The lowest BCUT2D eigenvalue weighted by molar-refractivity contribution is -0.0498. The molecule has 0 amide bonds. The maximum Gasteiger partial charge on any atom is 0.387 e. The number of pyridine rings is 1. The van der Waals surface area contributed by atoms with Gasteiger partial charge in [-0.1, -0.05) is 0 Å². The molecular weight excluding hydrogens is 204 g/mol. The van der Waals surface area contributed by atoms with E-state index in [1.54, 1.807) is 17.5 Å². The third-order valence-electron chi connectivity index (χ3n) is 2.04. The van der Waals surface area contributed by atoms with Gasteiger partial charge in [-0.15, -0.1) is 0 Å². The highest BCUT2D eigenvalue weighted by molar-refractivity contribution is 5.54. The number of rotatable bonds is 2. The van der Waals surface area contributed by atoms with Crippen LogP contribution in [-0.4, -0.2) is 16.0 Å². The summed E-state index contributed by atoms with van der Waals surface area (Å²) in [6.45, 7) is -1.09. The number of anilines is 1. The number of hydrogen-bond acceptors (Lipinski definition) is 3. The lowest BCUT2D eigenvalue weighted by Crippen LogP contribution is -2.02. The van der Waals surface area contributed by atoms with Crippen molar-refractivity contribution in [2.24, 2.45) is 0 Å². The van der Waals surface area contributed by atoms with E-state index in [-0.39, 0.29) is 5.75 Å². The fraction of sp³-hybridized carbons (Fsp3) is 0.222. The van der Waals surface area contributed by atoms with Crippen LogP contribution in [0.25, 0.3) is 5.65 Å². The molecule has 0 fully saturated rings. The number of nitrogens with two attached hydrogens (primary N) is 1. The third-order valence-corrected chi connectivity index (χ3v) is 2.04. The van der Waals surface area contributed by atoms with E-state index in [1.807, 2.05) is 0 Å². The van der Waals surface area contributed by atoms with Crippen molar-refractivity contribution in [1.82, 2.24) is 9.38 Å². The Balaban J connectivity index is 2.47. The summed E-state index contributed by atoms with van der Waals surface area (Å²) in [7, 11) is 0. The lowest BCUT2D eigenvalue weighted by atomic mass is 10.4. The molecule has 0 unspecified atom stereocenters. The molecule has 0 aliphatic heterocycles. The second-order valence-corrected chi connectivity index (χ2v) is 3.05. The maximum atomic E-state index is 11.9. The Morgan fingerprint density at radius 1 is 1.53 bits per heavy atom. The van der Waals surface area contributed by atoms with Crippen molar-refractivity contribution < 1.29 is 13.5 Å². The summed E-state index contributed by atoms with van der Waals surface area (Å²) in [4.78, 5) is 4.09. The number of alkyl halides is 2. The van der Waals surface area contributed by atoms with Crippen LogP contribution >= 0.6 is 0 Å². The van der Waals surface area contributed by atoms with Crippen LogP contribution in [0.2, 0.25) is 0 Å². The largest absolute Gasteiger partial charge is 0.435 e. The molecule has 0 saturated carbocycles. The number of imidazole rings is 1. The van der Waals surface area contributed by atoms with E-state index < -0.39 is 6.61 Å². The number of nitrogens with zero attached hydrogens (tertiary/aromatic N) is 2. The van der Waals surface area contributed by atoms with Crippen molar-refractivity contribution in [3.05, 3.63) is 24.0 Å². The number of fused-ring (bicyclic) bond motifs is 1. The summed E-state index contributed by atoms with van der Waals surface area (Å²) < 4.78 is 29.7. The van der Waals surface area contributed by atoms with Crippen molar-refractivity contribution in [1.29, 1.82) is 0 Å². The molecule has 0 radical (unpaired) electrons. The summed E-state index contributed by atoms with van der Waals surface area (Å²) in [5, 5.41) is 0. The maximum absolute atomic E-state index is 11.9. The molecule has 0 atom stereocenters. The van der Waals surface area contributed by atoms with E-state index in [0.717, 1.165) is 0 Å². The van der Waals surface area contributed by atoms with Gasteiger partial charge in [0.25, 0.3) is 0 Å². The minimum absolute atomic E-state index is 0.0718. The number of ether oxygens (including phenoxy) is 1. The predicted molar refractivity (Wildman–Crippen MR) is 51.0 cm³/mol. The number of halogens is 2. The quantitative estimate of drug-likeness (QED) is 0.827. The topological polar surface area (TPSA) is 52.5 Å². The van der Waals surface area contributed by atoms with Crippen LogP contribution in [0.3, 0.4) is 0 Å². The van der Waals surface area contributed by atoms with Crippen LogP contribution in [0.5, 0.6) is 5.75 Å². The minimum atomic E-state index is -2.83. The van der Waals surface area contributed by atoms with Gasteiger partial charge in [-0.25, -0.2) is 4.98 Å². The Kier molecular flexibility index (Phi) is 2.18. The van der Waals surface area contributed by atoms with Crippen LogP contribution in [-0.2, 0) is 0 Å². The van der Waals surface area contributed by atoms with Gasteiger partial charge in [0.05, 0.1) is 5.69 Å². The number of aromatic nitrogens is 2. The lowest BCUT2D eigenvalue weighted by Gasteiger charge is -2.04. The molecule has 0 aliphatic rings. The number of nitrogen functional groups attached to an aromatic ring is 1. The van der Waals surface area contributed by atoms with E-state index in [2.05, 4.69) is 9.72 Å². The second kappa shape index (κ2) is 3.38. The van der Waals surface area contributed by atoms with E-state index in [9.17, 15) is 8.78 Å². The van der Waals surface area contributed by atoms with Gasteiger partial charge in [0.1, 0.15) is 17.2 Å². The molecule has 2 rings (SSSR count). The number of hydrogen-bond donors (Lipinski definition) is 1. The fourth-order valence-corrected chi connectivity index (χ4v) is 1.34. The van der Waals surface area contributed by atoms with Crippen molar-refractivity contribution in [2.75, 3.05) is 5.73 Å². The van der Waals surface area contributed by atoms with Crippen molar-refractivity contribution in [2.45, 2.75) is 13.5 Å². The highest BCUT2D eigenvalue weighted by Gasteiger charge is 2.08. The van der Waals surface area contributed by atoms with Gasteiger partial charge in [0.2, 0.25) is 0 Å². The molecule has 2 heterocycles. The van der Waals surface area contributed by atoms with Gasteiger partial charge in [0, 0.05) is 12.3 Å². The summed E-state index contributed by atoms with van der Waals surface area (Å²) >= 11 is 0. The first-order chi connectivity index (χ1) is 7.08. The standard InChI is InChI=1S/C9H9F2N3O/c1-5-8(12)14-3-2-6(15-9(10)11)4-7(14)13-5/h2-4,9H,12H2,1H3. The van der Waals surface area contributed by atoms with Gasteiger partial charge < -0.3 is 10.5 Å². The van der Waals surface area contributed by atoms with E-state index in [4.69, 9.17) is 5.73 Å². The van der Waals surface area contributed by atoms with Crippen molar-refractivity contribution in [3.63, 3.8) is 0 Å². The third kappa shape index (κ3) is 1.70. The Labute approximate surface area is 84.3 Å².